The lowest BCUT2D eigenvalue weighted by atomic mass is 10.1. The van der Waals surface area contributed by atoms with Gasteiger partial charge < -0.3 is 20.0 Å². The zero-order valence-electron chi connectivity index (χ0n) is 11.0. The third kappa shape index (κ3) is 2.07. The molecule has 0 radical (unpaired) electrons. The Morgan fingerprint density at radius 3 is 2.80 bits per heavy atom. The van der Waals surface area contributed by atoms with Crippen molar-refractivity contribution in [3.8, 4) is 11.5 Å². The number of benzene rings is 1. The first-order valence-electron chi connectivity index (χ1n) is 6.67. The van der Waals surface area contributed by atoms with Gasteiger partial charge in [-0.3, -0.25) is 9.59 Å². The smallest absolute Gasteiger partial charge is 0.257 e. The maximum Gasteiger partial charge on any atom is 0.257 e. The summed E-state index contributed by atoms with van der Waals surface area (Å²) in [6.45, 7) is 1.53. The Morgan fingerprint density at radius 2 is 2.05 bits per heavy atom. The van der Waals surface area contributed by atoms with Gasteiger partial charge in [0, 0.05) is 38.2 Å². The van der Waals surface area contributed by atoms with Crippen LogP contribution < -0.4 is 0 Å². The highest BCUT2D eigenvalue weighted by molar-refractivity contribution is 5.97. The van der Waals surface area contributed by atoms with Gasteiger partial charge in [-0.25, -0.2) is 0 Å². The molecule has 6 nitrogen and oxygen atoms in total. The fourth-order valence-corrected chi connectivity index (χ4v) is 2.92. The summed E-state index contributed by atoms with van der Waals surface area (Å²) in [4.78, 5) is 27.5. The van der Waals surface area contributed by atoms with Gasteiger partial charge in [-0.05, 0) is 18.6 Å². The second-order valence-electron chi connectivity index (χ2n) is 5.23. The number of hydrogen-bond acceptors (Lipinski definition) is 4. The van der Waals surface area contributed by atoms with E-state index in [2.05, 4.69) is 0 Å². The van der Waals surface area contributed by atoms with E-state index in [1.807, 2.05) is 4.90 Å². The molecule has 0 aromatic heterocycles. The molecule has 1 aromatic carbocycles. The molecule has 6 heteroatoms. The second kappa shape index (κ2) is 4.70. The van der Waals surface area contributed by atoms with Crippen molar-refractivity contribution in [2.75, 3.05) is 19.6 Å². The maximum atomic E-state index is 12.4. The quantitative estimate of drug-likeness (QED) is 0.784. The molecule has 1 aromatic rings. The van der Waals surface area contributed by atoms with Crippen LogP contribution in [0.15, 0.2) is 18.2 Å². The first-order chi connectivity index (χ1) is 9.56. The average Bonchev–Trinajstić information content (AvgIpc) is 2.79. The van der Waals surface area contributed by atoms with E-state index in [9.17, 15) is 19.8 Å². The van der Waals surface area contributed by atoms with Crippen molar-refractivity contribution in [2.45, 2.75) is 18.9 Å². The third-order valence-corrected chi connectivity index (χ3v) is 3.99. The Morgan fingerprint density at radius 1 is 1.25 bits per heavy atom. The summed E-state index contributed by atoms with van der Waals surface area (Å²) in [5.74, 6) is -0.402. The van der Waals surface area contributed by atoms with E-state index < -0.39 is 0 Å². The van der Waals surface area contributed by atoms with Crippen LogP contribution in [0.1, 0.15) is 23.2 Å². The number of carbonyl (C=O) groups excluding carboxylic acids is 2. The van der Waals surface area contributed by atoms with Crippen LogP contribution in [0.2, 0.25) is 0 Å². The number of phenolic OH excluding ortho intramolecular Hbond substituents is 2. The standard InChI is InChI=1S/C14H16N2O4/c17-10-2-3-11(12(18)7-10)14(20)15-5-6-16-9(8-15)1-4-13(16)19/h2-3,7,9,17-18H,1,4-6,8H2. The minimum absolute atomic E-state index is 0.0785. The summed E-state index contributed by atoms with van der Waals surface area (Å²) >= 11 is 0. The van der Waals surface area contributed by atoms with Gasteiger partial charge in [0.2, 0.25) is 5.91 Å². The molecule has 2 heterocycles. The molecule has 2 saturated heterocycles. The van der Waals surface area contributed by atoms with E-state index in [0.29, 0.717) is 26.1 Å². The summed E-state index contributed by atoms with van der Waals surface area (Å²) in [6, 6.07) is 4.05. The van der Waals surface area contributed by atoms with Gasteiger partial charge in [-0.15, -0.1) is 0 Å². The molecule has 3 rings (SSSR count). The van der Waals surface area contributed by atoms with Crippen LogP contribution >= 0.6 is 0 Å². The molecule has 106 valence electrons. The van der Waals surface area contributed by atoms with Crippen molar-refractivity contribution in [2.24, 2.45) is 0 Å². The normalized spacial score (nSPS) is 22.0. The van der Waals surface area contributed by atoms with Crippen LogP contribution in [0.3, 0.4) is 0 Å². The van der Waals surface area contributed by atoms with E-state index in [4.69, 9.17) is 0 Å². The van der Waals surface area contributed by atoms with E-state index >= 15 is 0 Å². The molecular formula is C14H16N2O4. The molecule has 0 saturated carbocycles. The number of nitrogens with zero attached hydrogens (tertiary/aromatic N) is 2. The molecule has 2 fully saturated rings. The van der Waals surface area contributed by atoms with Crippen LogP contribution in [0.4, 0.5) is 0 Å². The van der Waals surface area contributed by atoms with E-state index in [-0.39, 0.29) is 34.9 Å². The van der Waals surface area contributed by atoms with Gasteiger partial charge in [-0.1, -0.05) is 0 Å². The molecular weight excluding hydrogens is 260 g/mol. The molecule has 2 N–H and O–H groups in total. The lowest BCUT2D eigenvalue weighted by molar-refractivity contribution is -0.130. The van der Waals surface area contributed by atoms with E-state index in [1.165, 1.54) is 12.1 Å². The van der Waals surface area contributed by atoms with Crippen LogP contribution in [0.5, 0.6) is 11.5 Å². The first kappa shape index (κ1) is 12.8. The van der Waals surface area contributed by atoms with Crippen LogP contribution in [0.25, 0.3) is 0 Å². The van der Waals surface area contributed by atoms with Crippen molar-refractivity contribution >= 4 is 11.8 Å². The fourth-order valence-electron chi connectivity index (χ4n) is 2.92. The zero-order valence-corrected chi connectivity index (χ0v) is 11.0. The Labute approximate surface area is 116 Å². The summed E-state index contributed by atoms with van der Waals surface area (Å²) < 4.78 is 0. The number of fused-ring (bicyclic) bond motifs is 1. The topological polar surface area (TPSA) is 81.1 Å². The number of hydrogen-bond donors (Lipinski definition) is 2. The van der Waals surface area contributed by atoms with Gasteiger partial charge in [-0.2, -0.15) is 0 Å². The summed E-state index contributed by atoms with van der Waals surface area (Å²) in [5.41, 5.74) is 0.181. The monoisotopic (exact) mass is 276 g/mol. The minimum Gasteiger partial charge on any atom is -0.508 e. The number of amides is 2. The van der Waals surface area contributed by atoms with Crippen molar-refractivity contribution in [1.29, 1.82) is 0 Å². The van der Waals surface area contributed by atoms with Gasteiger partial charge >= 0.3 is 0 Å². The zero-order chi connectivity index (χ0) is 14.3. The Kier molecular flexibility index (Phi) is 3.00. The highest BCUT2D eigenvalue weighted by atomic mass is 16.3. The van der Waals surface area contributed by atoms with Crippen LogP contribution in [-0.2, 0) is 4.79 Å². The highest BCUT2D eigenvalue weighted by Crippen LogP contribution is 2.27. The molecule has 0 bridgehead atoms. The molecule has 20 heavy (non-hydrogen) atoms. The van der Waals surface area contributed by atoms with Crippen molar-refractivity contribution < 1.29 is 19.8 Å². The number of aromatic hydroxyl groups is 2. The molecule has 1 atom stereocenters. The van der Waals surface area contributed by atoms with Gasteiger partial charge in [0.1, 0.15) is 11.5 Å². The summed E-state index contributed by atoms with van der Waals surface area (Å²) in [6.07, 6.45) is 1.33. The van der Waals surface area contributed by atoms with Crippen molar-refractivity contribution in [1.82, 2.24) is 9.80 Å². The van der Waals surface area contributed by atoms with Crippen molar-refractivity contribution in [3.05, 3.63) is 23.8 Å². The molecule has 0 spiro atoms. The molecule has 2 aliphatic heterocycles. The Balaban J connectivity index is 1.77. The lowest BCUT2D eigenvalue weighted by Gasteiger charge is -2.37. The predicted octanol–water partition coefficient (Wildman–Crippen LogP) is 0.545. The largest absolute Gasteiger partial charge is 0.508 e. The first-order valence-corrected chi connectivity index (χ1v) is 6.67. The van der Waals surface area contributed by atoms with E-state index in [0.717, 1.165) is 12.5 Å². The second-order valence-corrected chi connectivity index (χ2v) is 5.23. The predicted molar refractivity (Wildman–Crippen MR) is 70.4 cm³/mol. The molecule has 2 aliphatic rings. The van der Waals surface area contributed by atoms with Crippen LogP contribution in [-0.4, -0.2) is 57.5 Å². The maximum absolute atomic E-state index is 12.4. The van der Waals surface area contributed by atoms with Crippen LogP contribution in [0, 0.1) is 0 Å². The minimum atomic E-state index is -0.263. The Hall–Kier alpha value is -2.24. The summed E-state index contributed by atoms with van der Waals surface area (Å²) in [5, 5.41) is 19.0. The number of rotatable bonds is 1. The molecule has 1 unspecified atom stereocenters. The number of piperazine rings is 1. The van der Waals surface area contributed by atoms with Gasteiger partial charge in [0.25, 0.3) is 5.91 Å². The number of phenols is 2. The van der Waals surface area contributed by atoms with Crippen molar-refractivity contribution in [3.63, 3.8) is 0 Å². The third-order valence-electron chi connectivity index (χ3n) is 3.99. The molecule has 2 amide bonds. The molecule has 0 aliphatic carbocycles. The van der Waals surface area contributed by atoms with Gasteiger partial charge in [0.15, 0.2) is 0 Å². The highest BCUT2D eigenvalue weighted by Gasteiger charge is 2.37. The Bertz CT molecular complexity index is 572. The number of carbonyl (C=O) groups is 2. The fraction of sp³-hybridized carbons (Fsp3) is 0.429. The van der Waals surface area contributed by atoms with Gasteiger partial charge in [0.05, 0.1) is 5.56 Å². The average molecular weight is 276 g/mol. The van der Waals surface area contributed by atoms with E-state index in [1.54, 1.807) is 4.90 Å². The SMILES string of the molecule is O=C(c1ccc(O)cc1O)N1CCN2C(=O)CCC2C1. The summed E-state index contributed by atoms with van der Waals surface area (Å²) in [7, 11) is 0. The lowest BCUT2D eigenvalue weighted by Crippen LogP contribution is -2.53.